The second kappa shape index (κ2) is 10.4. The van der Waals surface area contributed by atoms with Crippen molar-refractivity contribution in [1.82, 2.24) is 4.90 Å². The normalized spacial score (nSPS) is 22.2. The van der Waals surface area contributed by atoms with Crippen molar-refractivity contribution in [3.05, 3.63) is 48.0 Å². The average Bonchev–Trinajstić information content (AvgIpc) is 2.62. The molecule has 3 heteroatoms. The maximum Gasteiger partial charge on any atom is 0.330 e. The highest BCUT2D eigenvalue weighted by Crippen LogP contribution is 2.34. The maximum atomic E-state index is 11.5. The summed E-state index contributed by atoms with van der Waals surface area (Å²) in [7, 11) is 4.42. The number of esters is 1. The van der Waals surface area contributed by atoms with E-state index in [1.807, 2.05) is 6.92 Å². The highest BCUT2D eigenvalue weighted by molar-refractivity contribution is 5.81. The summed E-state index contributed by atoms with van der Waals surface area (Å²) in [4.78, 5) is 13.9. The molecule has 0 bridgehead atoms. The average molecular weight is 344 g/mol. The second-order valence-electron chi connectivity index (χ2n) is 7.34. The highest BCUT2D eigenvalue weighted by Gasteiger charge is 2.27. The van der Waals surface area contributed by atoms with E-state index in [9.17, 15) is 4.79 Å². The first-order chi connectivity index (χ1) is 12.1. The molecule has 0 aromatic heterocycles. The van der Waals surface area contributed by atoms with Gasteiger partial charge in [0.25, 0.3) is 0 Å². The Morgan fingerprint density at radius 1 is 1.20 bits per heavy atom. The number of carbonyl (C=O) groups is 1. The minimum absolute atomic E-state index is 0.210. The molecule has 1 unspecified atom stereocenters. The molecule has 0 N–H and O–H groups in total. The van der Waals surface area contributed by atoms with Gasteiger partial charge >= 0.3 is 5.97 Å². The SMILES string of the molecule is CCOC(=O)/C=C/C1CCC(C(CCc2ccccc2)N(C)C)CC1. The summed E-state index contributed by atoms with van der Waals surface area (Å²) in [6.45, 7) is 2.29. The molecule has 1 aliphatic carbocycles. The molecule has 3 nitrogen and oxygen atoms in total. The van der Waals surface area contributed by atoms with Crippen LogP contribution in [-0.2, 0) is 16.0 Å². The summed E-state index contributed by atoms with van der Waals surface area (Å²) in [5.74, 6) is 1.07. The van der Waals surface area contributed by atoms with Crippen LogP contribution in [0, 0.1) is 11.8 Å². The molecule has 25 heavy (non-hydrogen) atoms. The van der Waals surface area contributed by atoms with Crippen LogP contribution in [0.3, 0.4) is 0 Å². The number of allylic oxidation sites excluding steroid dienone is 1. The molecular formula is C22H33NO2. The molecule has 1 atom stereocenters. The van der Waals surface area contributed by atoms with Gasteiger partial charge in [0.05, 0.1) is 6.61 Å². The molecule has 0 spiro atoms. The Labute approximate surface area is 153 Å². The molecule has 1 fully saturated rings. The summed E-state index contributed by atoms with van der Waals surface area (Å²) in [5, 5.41) is 0. The van der Waals surface area contributed by atoms with Gasteiger partial charge in [-0.15, -0.1) is 0 Å². The molecule has 1 saturated carbocycles. The number of hydrogen-bond acceptors (Lipinski definition) is 3. The predicted octanol–water partition coefficient (Wildman–Crippen LogP) is 4.48. The summed E-state index contributed by atoms with van der Waals surface area (Å²) >= 11 is 0. The Bertz CT molecular complexity index is 530. The van der Waals surface area contributed by atoms with Gasteiger partial charge in [-0.3, -0.25) is 0 Å². The molecule has 2 rings (SSSR count). The van der Waals surface area contributed by atoms with Crippen LogP contribution >= 0.6 is 0 Å². The largest absolute Gasteiger partial charge is 0.463 e. The van der Waals surface area contributed by atoms with Crippen LogP contribution in [0.1, 0.15) is 44.6 Å². The Kier molecular flexibility index (Phi) is 8.20. The third kappa shape index (κ3) is 6.66. The van der Waals surface area contributed by atoms with Crippen molar-refractivity contribution >= 4 is 5.97 Å². The lowest BCUT2D eigenvalue weighted by molar-refractivity contribution is -0.137. The first-order valence-corrected chi connectivity index (χ1v) is 9.65. The third-order valence-corrected chi connectivity index (χ3v) is 5.39. The fraction of sp³-hybridized carbons (Fsp3) is 0.591. The van der Waals surface area contributed by atoms with E-state index >= 15 is 0 Å². The van der Waals surface area contributed by atoms with Gasteiger partial charge < -0.3 is 9.64 Å². The van der Waals surface area contributed by atoms with E-state index in [-0.39, 0.29) is 5.97 Å². The first-order valence-electron chi connectivity index (χ1n) is 9.65. The molecule has 0 saturated heterocycles. The Hall–Kier alpha value is -1.61. The van der Waals surface area contributed by atoms with Crippen LogP contribution in [-0.4, -0.2) is 37.6 Å². The number of aryl methyl sites for hydroxylation is 1. The van der Waals surface area contributed by atoms with Gasteiger partial charge in [-0.05, 0) is 76.9 Å². The van der Waals surface area contributed by atoms with E-state index < -0.39 is 0 Å². The van der Waals surface area contributed by atoms with Crippen molar-refractivity contribution in [3.8, 4) is 0 Å². The van der Waals surface area contributed by atoms with E-state index in [2.05, 4.69) is 55.4 Å². The molecule has 1 aromatic carbocycles. The van der Waals surface area contributed by atoms with Gasteiger partial charge in [0.15, 0.2) is 0 Å². The lowest BCUT2D eigenvalue weighted by Gasteiger charge is -2.37. The van der Waals surface area contributed by atoms with Crippen molar-refractivity contribution in [2.24, 2.45) is 11.8 Å². The van der Waals surface area contributed by atoms with Gasteiger partial charge in [0.1, 0.15) is 0 Å². The van der Waals surface area contributed by atoms with Gasteiger partial charge in [0.2, 0.25) is 0 Å². The van der Waals surface area contributed by atoms with Crippen LogP contribution < -0.4 is 0 Å². The van der Waals surface area contributed by atoms with Crippen LogP contribution in [0.25, 0.3) is 0 Å². The number of benzene rings is 1. The van der Waals surface area contributed by atoms with Gasteiger partial charge in [-0.2, -0.15) is 0 Å². The Balaban J connectivity index is 1.82. The third-order valence-electron chi connectivity index (χ3n) is 5.39. The van der Waals surface area contributed by atoms with Crippen molar-refractivity contribution in [1.29, 1.82) is 0 Å². The zero-order valence-electron chi connectivity index (χ0n) is 16.0. The number of ether oxygens (including phenoxy) is 1. The maximum absolute atomic E-state index is 11.5. The fourth-order valence-electron chi connectivity index (χ4n) is 4.00. The van der Waals surface area contributed by atoms with E-state index in [0.29, 0.717) is 18.6 Å². The van der Waals surface area contributed by atoms with Crippen molar-refractivity contribution in [2.45, 2.75) is 51.5 Å². The van der Waals surface area contributed by atoms with E-state index in [1.165, 1.54) is 37.7 Å². The van der Waals surface area contributed by atoms with Crippen LogP contribution in [0.2, 0.25) is 0 Å². The Morgan fingerprint density at radius 2 is 1.88 bits per heavy atom. The van der Waals surface area contributed by atoms with E-state index in [1.54, 1.807) is 6.08 Å². The Morgan fingerprint density at radius 3 is 2.48 bits per heavy atom. The summed E-state index contributed by atoms with van der Waals surface area (Å²) in [6.07, 6.45) is 10.9. The fourth-order valence-corrected chi connectivity index (χ4v) is 4.00. The quantitative estimate of drug-likeness (QED) is 0.515. The minimum Gasteiger partial charge on any atom is -0.463 e. The van der Waals surface area contributed by atoms with Crippen molar-refractivity contribution in [3.63, 3.8) is 0 Å². The molecule has 1 aromatic rings. The van der Waals surface area contributed by atoms with Crippen LogP contribution in [0.5, 0.6) is 0 Å². The topological polar surface area (TPSA) is 29.5 Å². The van der Waals surface area contributed by atoms with E-state index in [4.69, 9.17) is 4.74 Å². The predicted molar refractivity (Wildman–Crippen MR) is 103 cm³/mol. The molecule has 0 aliphatic heterocycles. The molecule has 1 aliphatic rings. The van der Waals surface area contributed by atoms with Crippen molar-refractivity contribution in [2.75, 3.05) is 20.7 Å². The number of nitrogens with zero attached hydrogens (tertiary/aromatic N) is 1. The molecule has 138 valence electrons. The molecule has 0 heterocycles. The summed E-state index contributed by atoms with van der Waals surface area (Å²) in [5.41, 5.74) is 1.43. The van der Waals surface area contributed by atoms with Gasteiger partial charge in [-0.25, -0.2) is 4.79 Å². The van der Waals surface area contributed by atoms with Gasteiger partial charge in [0, 0.05) is 12.1 Å². The first kappa shape index (κ1) is 19.7. The lowest BCUT2D eigenvalue weighted by atomic mass is 9.76. The zero-order chi connectivity index (χ0) is 18.1. The zero-order valence-corrected chi connectivity index (χ0v) is 16.0. The van der Waals surface area contributed by atoms with Crippen LogP contribution in [0.4, 0.5) is 0 Å². The molecule has 0 amide bonds. The standard InChI is InChI=1S/C22H33NO2/c1-4-25-22(24)17-13-19-10-14-20(15-11-19)21(23(2)3)16-12-18-8-6-5-7-9-18/h5-9,13,17,19-21H,4,10-12,14-16H2,1-3H3/b17-13+. The highest BCUT2D eigenvalue weighted by atomic mass is 16.5. The summed E-state index contributed by atoms with van der Waals surface area (Å²) < 4.78 is 4.97. The van der Waals surface area contributed by atoms with E-state index in [0.717, 1.165) is 12.3 Å². The lowest BCUT2D eigenvalue weighted by Crippen LogP contribution is -2.37. The smallest absolute Gasteiger partial charge is 0.330 e. The van der Waals surface area contributed by atoms with Crippen LogP contribution in [0.15, 0.2) is 42.5 Å². The van der Waals surface area contributed by atoms with Gasteiger partial charge in [-0.1, -0.05) is 36.4 Å². The number of rotatable bonds is 8. The monoisotopic (exact) mass is 343 g/mol. The minimum atomic E-state index is -0.210. The van der Waals surface area contributed by atoms with Crippen molar-refractivity contribution < 1.29 is 9.53 Å². The number of carbonyl (C=O) groups excluding carboxylic acids is 1. The molecule has 0 radical (unpaired) electrons. The number of hydrogen-bond donors (Lipinski definition) is 0. The summed E-state index contributed by atoms with van der Waals surface area (Å²) in [6, 6.07) is 11.4. The molecular weight excluding hydrogens is 310 g/mol. The second-order valence-corrected chi connectivity index (χ2v) is 7.34.